The summed E-state index contributed by atoms with van der Waals surface area (Å²) < 4.78 is 3.29. The maximum absolute atomic E-state index is 13.4. The van der Waals surface area contributed by atoms with Crippen LogP contribution in [0, 0.1) is 0 Å². The van der Waals surface area contributed by atoms with Gasteiger partial charge >= 0.3 is 6.09 Å². The Hall–Kier alpha value is -4.84. The van der Waals surface area contributed by atoms with E-state index in [1.54, 1.807) is 47.3 Å². The van der Waals surface area contributed by atoms with E-state index in [1.165, 1.54) is 11.0 Å². The molecule has 4 aromatic heterocycles. The number of imidazole rings is 1. The van der Waals surface area contributed by atoms with Crippen LogP contribution in [0.15, 0.2) is 66.0 Å². The molecule has 0 aliphatic carbocycles. The molecule has 1 aliphatic rings. The SMILES string of the molecule is O=C(O)Nc1ccc(-c2cnc([C@@H]3CCc4cc(-c5cc(Cl)ccc5-n5cnnn5)cc(=O)n43)[nH]2)cn1. The fraction of sp³-hybridized carbons (Fsp3) is 0.125. The lowest BCUT2D eigenvalue weighted by molar-refractivity contribution is 0.209. The van der Waals surface area contributed by atoms with Crippen molar-refractivity contribution in [1.82, 2.24) is 39.7 Å². The number of aryl methyl sites for hydroxylation is 1. The number of benzene rings is 1. The van der Waals surface area contributed by atoms with Gasteiger partial charge in [0.1, 0.15) is 18.0 Å². The van der Waals surface area contributed by atoms with Gasteiger partial charge in [-0.3, -0.25) is 10.1 Å². The maximum Gasteiger partial charge on any atom is 0.410 e. The molecule has 5 aromatic rings. The summed E-state index contributed by atoms with van der Waals surface area (Å²) in [5, 5.41) is 23.0. The van der Waals surface area contributed by atoms with Crippen molar-refractivity contribution >= 4 is 23.5 Å². The van der Waals surface area contributed by atoms with Crippen molar-refractivity contribution in [2.45, 2.75) is 18.9 Å². The lowest BCUT2D eigenvalue weighted by Gasteiger charge is -2.15. The van der Waals surface area contributed by atoms with Gasteiger partial charge < -0.3 is 14.7 Å². The number of amides is 1. The van der Waals surface area contributed by atoms with Gasteiger partial charge in [0.2, 0.25) is 0 Å². The van der Waals surface area contributed by atoms with Gasteiger partial charge in [-0.05, 0) is 65.2 Å². The first-order valence-electron chi connectivity index (χ1n) is 11.3. The second kappa shape index (κ2) is 8.99. The quantitative estimate of drug-likeness (QED) is 0.320. The first kappa shape index (κ1) is 22.6. The number of aromatic nitrogens is 8. The van der Waals surface area contributed by atoms with Crippen molar-refractivity contribution < 1.29 is 9.90 Å². The lowest BCUT2D eigenvalue weighted by atomic mass is 10.0. The third-order valence-electron chi connectivity index (χ3n) is 6.22. The molecule has 184 valence electrons. The van der Waals surface area contributed by atoms with Crippen molar-refractivity contribution in [3.8, 4) is 28.1 Å². The number of carboxylic acid groups (broad SMARTS) is 1. The standard InChI is InChI=1S/C24H18ClN9O3/c25-15-2-4-19(33-12-28-31-32-33)17(9-15)14-7-16-3-5-20(34(16)22(35)8-14)23-27-11-18(29-23)13-1-6-21(26-10-13)30-24(36)37/h1-2,4,6-12,20H,3,5H2,(H,26,30)(H,27,29)(H,36,37)/t20-/m0/s1. The summed E-state index contributed by atoms with van der Waals surface area (Å²) in [5.74, 6) is 0.888. The van der Waals surface area contributed by atoms with Gasteiger partial charge in [0.05, 0.1) is 23.6 Å². The summed E-state index contributed by atoms with van der Waals surface area (Å²) in [6, 6.07) is 12.0. The van der Waals surface area contributed by atoms with Crippen molar-refractivity contribution in [2.75, 3.05) is 5.32 Å². The Balaban J connectivity index is 1.32. The highest BCUT2D eigenvalue weighted by Crippen LogP contribution is 2.34. The number of H-pyrrole nitrogens is 1. The second-order valence-corrected chi connectivity index (χ2v) is 8.89. The number of nitrogens with one attached hydrogen (secondary N) is 2. The van der Waals surface area contributed by atoms with Crippen molar-refractivity contribution in [1.29, 1.82) is 0 Å². The molecule has 0 radical (unpaired) electrons. The summed E-state index contributed by atoms with van der Waals surface area (Å²) in [4.78, 5) is 36.1. The summed E-state index contributed by atoms with van der Waals surface area (Å²) in [5.41, 5.74) is 4.38. The van der Waals surface area contributed by atoms with E-state index >= 15 is 0 Å². The van der Waals surface area contributed by atoms with E-state index in [2.05, 4.69) is 35.8 Å². The van der Waals surface area contributed by atoms with Gasteiger partial charge in [0.15, 0.2) is 0 Å². The average Bonchev–Trinajstić information content (AvgIpc) is 3.65. The first-order chi connectivity index (χ1) is 18.0. The largest absolute Gasteiger partial charge is 0.465 e. The highest BCUT2D eigenvalue weighted by Gasteiger charge is 2.28. The van der Waals surface area contributed by atoms with E-state index in [0.29, 0.717) is 35.1 Å². The van der Waals surface area contributed by atoms with Crippen LogP contribution in [0.1, 0.15) is 24.0 Å². The Labute approximate surface area is 213 Å². The molecule has 0 saturated heterocycles. The molecule has 1 aromatic carbocycles. The summed E-state index contributed by atoms with van der Waals surface area (Å²) in [7, 11) is 0. The molecule has 12 nitrogen and oxygen atoms in total. The van der Waals surface area contributed by atoms with E-state index in [-0.39, 0.29) is 17.4 Å². The van der Waals surface area contributed by atoms with Crippen LogP contribution < -0.4 is 10.9 Å². The molecule has 1 aliphatic heterocycles. The molecule has 0 spiro atoms. The van der Waals surface area contributed by atoms with Crippen LogP contribution in [-0.2, 0) is 6.42 Å². The highest BCUT2D eigenvalue weighted by atomic mass is 35.5. The fourth-order valence-corrected chi connectivity index (χ4v) is 4.78. The van der Waals surface area contributed by atoms with Gasteiger partial charge in [-0.25, -0.2) is 14.8 Å². The van der Waals surface area contributed by atoms with Gasteiger partial charge in [0, 0.05) is 34.1 Å². The molecule has 0 unspecified atom stereocenters. The summed E-state index contributed by atoms with van der Waals surface area (Å²) in [6.45, 7) is 0. The second-order valence-electron chi connectivity index (χ2n) is 8.46. The highest BCUT2D eigenvalue weighted by molar-refractivity contribution is 6.31. The van der Waals surface area contributed by atoms with Crippen molar-refractivity contribution in [2.24, 2.45) is 0 Å². The Morgan fingerprint density at radius 1 is 1.11 bits per heavy atom. The smallest absolute Gasteiger partial charge is 0.410 e. The van der Waals surface area contributed by atoms with Crippen LogP contribution in [0.5, 0.6) is 0 Å². The molecule has 37 heavy (non-hydrogen) atoms. The lowest BCUT2D eigenvalue weighted by Crippen LogP contribution is -2.23. The van der Waals surface area contributed by atoms with Crippen LogP contribution >= 0.6 is 11.6 Å². The third kappa shape index (κ3) is 4.23. The Bertz CT molecular complexity index is 1680. The molecule has 1 atom stereocenters. The van der Waals surface area contributed by atoms with E-state index in [1.807, 2.05) is 12.1 Å². The fourth-order valence-electron chi connectivity index (χ4n) is 4.61. The number of tetrazole rings is 1. The molecule has 0 bridgehead atoms. The number of hydrogen-bond donors (Lipinski definition) is 3. The normalized spacial score (nSPS) is 14.5. The number of anilines is 1. The van der Waals surface area contributed by atoms with Crippen LogP contribution in [0.25, 0.3) is 28.1 Å². The third-order valence-corrected chi connectivity index (χ3v) is 6.45. The maximum atomic E-state index is 13.4. The van der Waals surface area contributed by atoms with Gasteiger partial charge in [-0.1, -0.05) is 11.6 Å². The molecule has 0 saturated carbocycles. The number of aromatic amines is 1. The molecule has 6 rings (SSSR count). The van der Waals surface area contributed by atoms with Crippen LogP contribution in [0.4, 0.5) is 10.6 Å². The first-order valence-corrected chi connectivity index (χ1v) is 11.6. The van der Waals surface area contributed by atoms with E-state index in [0.717, 1.165) is 22.4 Å². The number of nitrogens with zero attached hydrogens (tertiary/aromatic N) is 7. The van der Waals surface area contributed by atoms with Crippen LogP contribution in [0.3, 0.4) is 0 Å². The Kier molecular flexibility index (Phi) is 5.49. The number of fused-ring (bicyclic) bond motifs is 1. The number of rotatable bonds is 5. The average molecular weight is 516 g/mol. The zero-order valence-corrected chi connectivity index (χ0v) is 19.8. The summed E-state index contributed by atoms with van der Waals surface area (Å²) in [6.07, 6.45) is 4.94. The molecule has 13 heteroatoms. The van der Waals surface area contributed by atoms with E-state index in [9.17, 15) is 9.59 Å². The zero-order chi connectivity index (χ0) is 25.5. The minimum atomic E-state index is -1.18. The van der Waals surface area contributed by atoms with Crippen molar-refractivity contribution in [3.05, 3.63) is 88.1 Å². The Morgan fingerprint density at radius 2 is 2.00 bits per heavy atom. The van der Waals surface area contributed by atoms with Crippen LogP contribution in [0.2, 0.25) is 5.02 Å². The molecule has 3 N–H and O–H groups in total. The zero-order valence-electron chi connectivity index (χ0n) is 19.0. The van der Waals surface area contributed by atoms with Gasteiger partial charge in [0.25, 0.3) is 5.56 Å². The molecule has 0 fully saturated rings. The minimum absolute atomic E-state index is 0.152. The topological polar surface area (TPSA) is 156 Å². The summed E-state index contributed by atoms with van der Waals surface area (Å²) >= 11 is 6.28. The monoisotopic (exact) mass is 515 g/mol. The number of pyridine rings is 2. The molecule has 5 heterocycles. The Morgan fingerprint density at radius 3 is 2.76 bits per heavy atom. The minimum Gasteiger partial charge on any atom is -0.465 e. The van der Waals surface area contributed by atoms with Gasteiger partial charge in [-0.2, -0.15) is 4.68 Å². The van der Waals surface area contributed by atoms with Crippen molar-refractivity contribution in [3.63, 3.8) is 0 Å². The van der Waals surface area contributed by atoms with Gasteiger partial charge in [-0.15, -0.1) is 5.10 Å². The number of halogens is 1. The molecular weight excluding hydrogens is 498 g/mol. The number of carbonyl (C=O) groups is 1. The predicted molar refractivity (Wildman–Crippen MR) is 134 cm³/mol. The van der Waals surface area contributed by atoms with E-state index in [4.69, 9.17) is 16.7 Å². The number of hydrogen-bond acceptors (Lipinski definition) is 7. The molecular formula is C24H18ClN9O3. The van der Waals surface area contributed by atoms with Crippen LogP contribution in [-0.4, -0.2) is 50.9 Å². The van der Waals surface area contributed by atoms with E-state index < -0.39 is 6.09 Å². The predicted octanol–water partition coefficient (Wildman–Crippen LogP) is 3.56. The molecule has 1 amide bonds.